The van der Waals surface area contributed by atoms with Gasteiger partial charge in [-0.25, -0.2) is 9.78 Å². The summed E-state index contributed by atoms with van der Waals surface area (Å²) in [5.41, 5.74) is 0.700. The van der Waals surface area contributed by atoms with Gasteiger partial charge in [-0.2, -0.15) is 0 Å². The molecule has 0 spiro atoms. The molecule has 0 fully saturated rings. The van der Waals surface area contributed by atoms with Crippen LogP contribution in [0.5, 0.6) is 0 Å². The SMILES string of the molecule is O=C(Nc1cccc(Cl)c1)N1CCn2ccnc2C1. The van der Waals surface area contributed by atoms with E-state index in [1.165, 1.54) is 0 Å². The molecule has 0 radical (unpaired) electrons. The van der Waals surface area contributed by atoms with E-state index in [4.69, 9.17) is 11.6 Å². The number of aromatic nitrogens is 2. The Bertz CT molecular complexity index is 610. The second-order valence-electron chi connectivity index (χ2n) is 4.40. The molecule has 0 saturated heterocycles. The number of rotatable bonds is 1. The maximum atomic E-state index is 12.1. The molecule has 5 nitrogen and oxygen atoms in total. The Morgan fingerprint density at radius 1 is 1.37 bits per heavy atom. The normalized spacial score (nSPS) is 14.1. The number of hydrogen-bond acceptors (Lipinski definition) is 2. The number of urea groups is 1. The summed E-state index contributed by atoms with van der Waals surface area (Å²) in [7, 11) is 0. The van der Waals surface area contributed by atoms with Crippen molar-refractivity contribution in [3.8, 4) is 0 Å². The van der Waals surface area contributed by atoms with Gasteiger partial charge in [-0.1, -0.05) is 17.7 Å². The van der Waals surface area contributed by atoms with E-state index in [1.54, 1.807) is 29.3 Å². The van der Waals surface area contributed by atoms with E-state index in [9.17, 15) is 4.79 Å². The van der Waals surface area contributed by atoms with Crippen LogP contribution in [0.1, 0.15) is 5.82 Å². The lowest BCUT2D eigenvalue weighted by molar-refractivity contribution is 0.195. The predicted octanol–water partition coefficient (Wildman–Crippen LogP) is 2.58. The second-order valence-corrected chi connectivity index (χ2v) is 4.84. The largest absolute Gasteiger partial charge is 0.332 e. The highest BCUT2D eigenvalue weighted by Crippen LogP contribution is 2.17. The molecule has 1 aromatic carbocycles. The molecular weight excluding hydrogens is 264 g/mol. The van der Waals surface area contributed by atoms with Crippen molar-refractivity contribution in [2.24, 2.45) is 0 Å². The number of carbonyl (C=O) groups excluding carboxylic acids is 1. The van der Waals surface area contributed by atoms with Gasteiger partial charge in [0.05, 0.1) is 6.54 Å². The molecule has 2 aromatic rings. The fourth-order valence-electron chi connectivity index (χ4n) is 2.12. The Balaban J connectivity index is 1.69. The van der Waals surface area contributed by atoms with Crippen molar-refractivity contribution in [2.45, 2.75) is 13.1 Å². The van der Waals surface area contributed by atoms with E-state index in [-0.39, 0.29) is 6.03 Å². The van der Waals surface area contributed by atoms with Gasteiger partial charge in [-0.15, -0.1) is 0 Å². The third-order valence-electron chi connectivity index (χ3n) is 3.11. The lowest BCUT2D eigenvalue weighted by Gasteiger charge is -2.27. The number of nitrogens with zero attached hydrogens (tertiary/aromatic N) is 3. The first kappa shape index (κ1) is 12.0. The van der Waals surface area contributed by atoms with Crippen molar-refractivity contribution in [2.75, 3.05) is 11.9 Å². The van der Waals surface area contributed by atoms with Crippen molar-refractivity contribution < 1.29 is 4.79 Å². The number of fused-ring (bicyclic) bond motifs is 1. The van der Waals surface area contributed by atoms with Crippen LogP contribution in [0.3, 0.4) is 0 Å². The topological polar surface area (TPSA) is 50.2 Å². The third-order valence-corrected chi connectivity index (χ3v) is 3.34. The minimum Gasteiger partial charge on any atom is -0.332 e. The van der Waals surface area contributed by atoms with E-state index in [0.29, 0.717) is 23.8 Å². The van der Waals surface area contributed by atoms with Crippen LogP contribution in [0.15, 0.2) is 36.7 Å². The van der Waals surface area contributed by atoms with Crippen molar-refractivity contribution in [1.29, 1.82) is 0 Å². The maximum absolute atomic E-state index is 12.1. The van der Waals surface area contributed by atoms with Crippen molar-refractivity contribution in [3.63, 3.8) is 0 Å². The molecule has 6 heteroatoms. The molecule has 2 amide bonds. The number of hydrogen-bond donors (Lipinski definition) is 1. The minimum atomic E-state index is -0.128. The fraction of sp³-hybridized carbons (Fsp3) is 0.231. The molecule has 0 unspecified atom stereocenters. The molecule has 3 rings (SSSR count). The lowest BCUT2D eigenvalue weighted by Crippen LogP contribution is -2.40. The standard InChI is InChI=1S/C13H13ClN4O/c14-10-2-1-3-11(8-10)16-13(19)18-7-6-17-5-4-15-12(17)9-18/h1-5,8H,6-7,9H2,(H,16,19). The van der Waals surface area contributed by atoms with Crippen LogP contribution in [0.25, 0.3) is 0 Å². The van der Waals surface area contributed by atoms with Crippen LogP contribution < -0.4 is 5.32 Å². The summed E-state index contributed by atoms with van der Waals surface area (Å²) in [6, 6.07) is 6.99. The number of nitrogens with one attached hydrogen (secondary N) is 1. The van der Waals surface area contributed by atoms with Crippen LogP contribution in [0, 0.1) is 0 Å². The maximum Gasteiger partial charge on any atom is 0.322 e. The van der Waals surface area contributed by atoms with Crippen molar-refractivity contribution >= 4 is 23.3 Å². The van der Waals surface area contributed by atoms with E-state index in [0.717, 1.165) is 12.4 Å². The summed E-state index contributed by atoms with van der Waals surface area (Å²) >= 11 is 5.89. The van der Waals surface area contributed by atoms with Crippen molar-refractivity contribution in [3.05, 3.63) is 47.5 Å². The highest BCUT2D eigenvalue weighted by molar-refractivity contribution is 6.30. The Kier molecular flexibility index (Phi) is 3.13. The average molecular weight is 277 g/mol. The Hall–Kier alpha value is -2.01. The molecule has 0 bridgehead atoms. The Morgan fingerprint density at radius 3 is 3.11 bits per heavy atom. The van der Waals surface area contributed by atoms with Crippen LogP contribution in [-0.4, -0.2) is 27.0 Å². The quantitative estimate of drug-likeness (QED) is 0.870. The first-order valence-corrected chi connectivity index (χ1v) is 6.42. The van der Waals surface area contributed by atoms with Gasteiger partial charge in [0.25, 0.3) is 0 Å². The zero-order valence-corrected chi connectivity index (χ0v) is 11.0. The summed E-state index contributed by atoms with van der Waals surface area (Å²) in [6.07, 6.45) is 3.69. The summed E-state index contributed by atoms with van der Waals surface area (Å²) in [5, 5.41) is 3.44. The number of anilines is 1. The smallest absolute Gasteiger partial charge is 0.322 e. The van der Waals surface area contributed by atoms with Gasteiger partial charge in [0.2, 0.25) is 0 Å². The van der Waals surface area contributed by atoms with Crippen LogP contribution in [0.4, 0.5) is 10.5 Å². The second kappa shape index (κ2) is 4.93. The highest BCUT2D eigenvalue weighted by atomic mass is 35.5. The molecule has 1 N–H and O–H groups in total. The summed E-state index contributed by atoms with van der Waals surface area (Å²) in [5.74, 6) is 0.910. The van der Waals surface area contributed by atoms with Gasteiger partial charge in [0.15, 0.2) is 0 Å². The molecule has 0 saturated carbocycles. The number of imidazole rings is 1. The van der Waals surface area contributed by atoms with Crippen LogP contribution in [0.2, 0.25) is 5.02 Å². The number of carbonyl (C=O) groups is 1. The fourth-order valence-corrected chi connectivity index (χ4v) is 2.31. The molecule has 98 valence electrons. The minimum absolute atomic E-state index is 0.128. The number of amides is 2. The van der Waals surface area contributed by atoms with E-state index in [1.807, 2.05) is 12.3 Å². The monoisotopic (exact) mass is 276 g/mol. The molecule has 2 heterocycles. The Labute approximate surface area is 115 Å². The molecule has 1 aliphatic heterocycles. The average Bonchev–Trinajstić information content (AvgIpc) is 2.85. The van der Waals surface area contributed by atoms with Gasteiger partial charge in [0, 0.05) is 36.2 Å². The van der Waals surface area contributed by atoms with Gasteiger partial charge < -0.3 is 14.8 Å². The van der Waals surface area contributed by atoms with Crippen molar-refractivity contribution in [1.82, 2.24) is 14.5 Å². The zero-order chi connectivity index (χ0) is 13.2. The summed E-state index contributed by atoms with van der Waals surface area (Å²) in [6.45, 7) is 1.98. The van der Waals surface area contributed by atoms with E-state index < -0.39 is 0 Å². The highest BCUT2D eigenvalue weighted by Gasteiger charge is 2.21. The van der Waals surface area contributed by atoms with Crippen LogP contribution >= 0.6 is 11.6 Å². The molecule has 1 aromatic heterocycles. The van der Waals surface area contributed by atoms with Gasteiger partial charge in [-0.05, 0) is 18.2 Å². The molecular formula is C13H13ClN4O. The van der Waals surface area contributed by atoms with E-state index >= 15 is 0 Å². The zero-order valence-electron chi connectivity index (χ0n) is 10.2. The van der Waals surface area contributed by atoms with Crippen LogP contribution in [-0.2, 0) is 13.1 Å². The molecule has 0 aliphatic carbocycles. The molecule has 0 atom stereocenters. The number of benzene rings is 1. The van der Waals surface area contributed by atoms with Gasteiger partial charge in [0.1, 0.15) is 5.82 Å². The first-order valence-electron chi connectivity index (χ1n) is 6.04. The predicted molar refractivity (Wildman–Crippen MR) is 73.1 cm³/mol. The Morgan fingerprint density at radius 2 is 2.26 bits per heavy atom. The number of halogens is 1. The molecule has 1 aliphatic rings. The summed E-state index contributed by atoms with van der Waals surface area (Å²) < 4.78 is 2.06. The first-order chi connectivity index (χ1) is 9.22. The van der Waals surface area contributed by atoms with Gasteiger partial charge in [-0.3, -0.25) is 0 Å². The lowest BCUT2D eigenvalue weighted by atomic mass is 10.3. The molecule has 19 heavy (non-hydrogen) atoms. The third kappa shape index (κ3) is 2.56. The van der Waals surface area contributed by atoms with E-state index in [2.05, 4.69) is 14.9 Å². The van der Waals surface area contributed by atoms with Gasteiger partial charge >= 0.3 is 6.03 Å². The summed E-state index contributed by atoms with van der Waals surface area (Å²) in [4.78, 5) is 18.1.